The van der Waals surface area contributed by atoms with E-state index < -0.39 is 6.10 Å². The van der Waals surface area contributed by atoms with E-state index in [0.717, 1.165) is 43.7 Å². The Bertz CT molecular complexity index is 723. The predicted molar refractivity (Wildman–Crippen MR) is 107 cm³/mol. The number of amides is 1. The summed E-state index contributed by atoms with van der Waals surface area (Å²) in [7, 11) is 0. The van der Waals surface area contributed by atoms with Crippen molar-refractivity contribution in [2.75, 3.05) is 19.7 Å². The third-order valence-corrected chi connectivity index (χ3v) is 5.27. The third-order valence-electron chi connectivity index (χ3n) is 5.27. The van der Waals surface area contributed by atoms with Crippen LogP contribution < -0.4 is 4.74 Å². The molecule has 1 unspecified atom stereocenters. The highest BCUT2D eigenvalue weighted by molar-refractivity contribution is 5.76. The van der Waals surface area contributed by atoms with Crippen molar-refractivity contribution in [1.29, 1.82) is 0 Å². The largest absolute Gasteiger partial charge is 0.494 e. The van der Waals surface area contributed by atoms with Crippen LogP contribution in [0.3, 0.4) is 0 Å². The second-order valence-electron chi connectivity index (χ2n) is 7.34. The normalized spacial score (nSPS) is 16.1. The average Bonchev–Trinajstić information content (AvgIpc) is 2.71. The van der Waals surface area contributed by atoms with Crippen molar-refractivity contribution in [2.45, 2.75) is 38.7 Å². The first-order chi connectivity index (χ1) is 13.1. The molecule has 0 saturated carbocycles. The number of aliphatic hydroxyl groups is 1. The summed E-state index contributed by atoms with van der Waals surface area (Å²) in [6, 6.07) is 17.8. The second-order valence-corrected chi connectivity index (χ2v) is 7.34. The van der Waals surface area contributed by atoms with Gasteiger partial charge in [-0.2, -0.15) is 0 Å². The molecule has 1 aliphatic rings. The van der Waals surface area contributed by atoms with E-state index in [1.807, 2.05) is 66.4 Å². The molecule has 1 fully saturated rings. The molecule has 0 spiro atoms. The summed E-state index contributed by atoms with van der Waals surface area (Å²) in [6.45, 7) is 4.05. The van der Waals surface area contributed by atoms with E-state index in [1.165, 1.54) is 5.56 Å². The molecular weight excluding hydrogens is 338 g/mol. The van der Waals surface area contributed by atoms with Crippen LogP contribution in [-0.4, -0.2) is 35.6 Å². The molecule has 27 heavy (non-hydrogen) atoms. The summed E-state index contributed by atoms with van der Waals surface area (Å²) in [5.41, 5.74) is 2.14. The minimum atomic E-state index is -0.439. The molecule has 1 atom stereocenters. The van der Waals surface area contributed by atoms with Crippen LogP contribution in [0.1, 0.15) is 42.9 Å². The number of hydrogen-bond acceptors (Lipinski definition) is 3. The number of hydrogen-bond donors (Lipinski definition) is 1. The van der Waals surface area contributed by atoms with Gasteiger partial charge in [-0.25, -0.2) is 0 Å². The lowest BCUT2D eigenvalue weighted by molar-refractivity contribution is -0.133. The maximum atomic E-state index is 12.4. The number of ether oxygens (including phenoxy) is 1. The Kier molecular flexibility index (Phi) is 6.88. The van der Waals surface area contributed by atoms with Gasteiger partial charge in [-0.3, -0.25) is 4.79 Å². The Morgan fingerprint density at radius 1 is 1.15 bits per heavy atom. The fraction of sp³-hybridized carbons (Fsp3) is 0.435. The van der Waals surface area contributed by atoms with Crippen LogP contribution in [0.25, 0.3) is 0 Å². The summed E-state index contributed by atoms with van der Waals surface area (Å²) in [6.07, 6.45) is 2.49. The molecule has 1 heterocycles. The van der Waals surface area contributed by atoms with E-state index in [-0.39, 0.29) is 11.8 Å². The average molecular weight is 367 g/mol. The van der Waals surface area contributed by atoms with Gasteiger partial charge in [-0.15, -0.1) is 0 Å². The monoisotopic (exact) mass is 367 g/mol. The van der Waals surface area contributed by atoms with Gasteiger partial charge in [-0.1, -0.05) is 42.5 Å². The fourth-order valence-electron chi connectivity index (χ4n) is 3.66. The number of benzene rings is 2. The van der Waals surface area contributed by atoms with Crippen LogP contribution in [0.2, 0.25) is 0 Å². The lowest BCUT2D eigenvalue weighted by Crippen LogP contribution is -2.39. The van der Waals surface area contributed by atoms with E-state index in [1.54, 1.807) is 0 Å². The van der Waals surface area contributed by atoms with Gasteiger partial charge in [0.1, 0.15) is 5.75 Å². The standard InChI is InChI=1S/C23H29NO3/c1-18-7-5-10-21(17-18)27-16-6-11-22(25)24-14-12-20(13-15-24)23(26)19-8-3-2-4-9-19/h2-5,7-10,17,20,23,26H,6,11-16H2,1H3. The number of aliphatic hydroxyl groups excluding tert-OH is 1. The SMILES string of the molecule is Cc1cccc(OCCCC(=O)N2CCC(C(O)c3ccccc3)CC2)c1. The van der Waals surface area contributed by atoms with Crippen LogP contribution >= 0.6 is 0 Å². The van der Waals surface area contributed by atoms with Crippen LogP contribution in [0.15, 0.2) is 54.6 Å². The highest BCUT2D eigenvalue weighted by Crippen LogP contribution is 2.30. The van der Waals surface area contributed by atoms with Crippen LogP contribution in [0.4, 0.5) is 0 Å². The van der Waals surface area contributed by atoms with E-state index in [4.69, 9.17) is 4.74 Å². The second kappa shape index (κ2) is 9.56. The van der Waals surface area contributed by atoms with Gasteiger partial charge < -0.3 is 14.7 Å². The number of aryl methyl sites for hydroxylation is 1. The number of carbonyl (C=O) groups is 1. The Balaban J connectivity index is 1.37. The van der Waals surface area contributed by atoms with Gasteiger partial charge in [0.25, 0.3) is 0 Å². The van der Waals surface area contributed by atoms with Crippen molar-refractivity contribution in [3.63, 3.8) is 0 Å². The molecule has 0 bridgehead atoms. The quantitative estimate of drug-likeness (QED) is 0.749. The van der Waals surface area contributed by atoms with Gasteiger partial charge in [0.05, 0.1) is 12.7 Å². The maximum absolute atomic E-state index is 12.4. The first-order valence-electron chi connectivity index (χ1n) is 9.84. The van der Waals surface area contributed by atoms with Crippen LogP contribution in [-0.2, 0) is 4.79 Å². The third kappa shape index (κ3) is 5.57. The number of rotatable bonds is 7. The van der Waals surface area contributed by atoms with E-state index in [2.05, 4.69) is 0 Å². The maximum Gasteiger partial charge on any atom is 0.222 e. The zero-order chi connectivity index (χ0) is 19.1. The summed E-state index contributed by atoms with van der Waals surface area (Å²) < 4.78 is 5.72. The number of piperidine rings is 1. The summed E-state index contributed by atoms with van der Waals surface area (Å²) in [5.74, 6) is 1.27. The highest BCUT2D eigenvalue weighted by Gasteiger charge is 2.27. The van der Waals surface area contributed by atoms with Crippen molar-refractivity contribution in [2.24, 2.45) is 5.92 Å². The molecule has 1 saturated heterocycles. The fourth-order valence-corrected chi connectivity index (χ4v) is 3.66. The minimum Gasteiger partial charge on any atom is -0.494 e. The lowest BCUT2D eigenvalue weighted by atomic mass is 9.87. The first-order valence-corrected chi connectivity index (χ1v) is 9.84. The Morgan fingerprint density at radius 2 is 1.89 bits per heavy atom. The van der Waals surface area contributed by atoms with Gasteiger partial charge in [0.15, 0.2) is 0 Å². The van der Waals surface area contributed by atoms with Crippen molar-refractivity contribution >= 4 is 5.91 Å². The zero-order valence-corrected chi connectivity index (χ0v) is 16.0. The minimum absolute atomic E-state index is 0.190. The zero-order valence-electron chi connectivity index (χ0n) is 16.0. The van der Waals surface area contributed by atoms with Crippen molar-refractivity contribution in [3.05, 3.63) is 65.7 Å². The van der Waals surface area contributed by atoms with Crippen molar-refractivity contribution in [3.8, 4) is 5.75 Å². The molecule has 1 amide bonds. The van der Waals surface area contributed by atoms with Crippen molar-refractivity contribution < 1.29 is 14.6 Å². The molecule has 1 aliphatic heterocycles. The molecule has 1 N–H and O–H groups in total. The van der Waals surface area contributed by atoms with Gasteiger partial charge >= 0.3 is 0 Å². The smallest absolute Gasteiger partial charge is 0.222 e. The molecule has 2 aromatic rings. The molecule has 0 aliphatic carbocycles. The summed E-state index contributed by atoms with van der Waals surface area (Å²) in [5, 5.41) is 10.6. The molecule has 4 heteroatoms. The summed E-state index contributed by atoms with van der Waals surface area (Å²) >= 11 is 0. The lowest BCUT2D eigenvalue weighted by Gasteiger charge is -2.34. The van der Waals surface area contributed by atoms with Gasteiger partial charge in [-0.05, 0) is 55.4 Å². The molecule has 4 nitrogen and oxygen atoms in total. The number of nitrogens with zero attached hydrogens (tertiary/aromatic N) is 1. The topological polar surface area (TPSA) is 49.8 Å². The van der Waals surface area contributed by atoms with E-state index in [9.17, 15) is 9.90 Å². The van der Waals surface area contributed by atoms with Crippen molar-refractivity contribution in [1.82, 2.24) is 4.90 Å². The Labute approximate surface area is 161 Å². The molecule has 0 radical (unpaired) electrons. The Hall–Kier alpha value is -2.33. The summed E-state index contributed by atoms with van der Waals surface area (Å²) in [4.78, 5) is 14.3. The molecule has 144 valence electrons. The van der Waals surface area contributed by atoms with E-state index in [0.29, 0.717) is 13.0 Å². The molecular formula is C23H29NO3. The number of likely N-dealkylation sites (tertiary alicyclic amines) is 1. The first kappa shape index (κ1) is 19.4. The van der Waals surface area contributed by atoms with E-state index >= 15 is 0 Å². The number of carbonyl (C=O) groups excluding carboxylic acids is 1. The van der Waals surface area contributed by atoms with Gasteiger partial charge in [0.2, 0.25) is 5.91 Å². The molecule has 0 aromatic heterocycles. The molecule has 3 rings (SSSR count). The molecule has 2 aromatic carbocycles. The Morgan fingerprint density at radius 3 is 2.59 bits per heavy atom. The predicted octanol–water partition coefficient (Wildman–Crippen LogP) is 4.13. The van der Waals surface area contributed by atoms with Gasteiger partial charge in [0, 0.05) is 19.5 Å². The van der Waals surface area contributed by atoms with Crippen LogP contribution in [0.5, 0.6) is 5.75 Å². The van der Waals surface area contributed by atoms with Crippen LogP contribution in [0, 0.1) is 12.8 Å². The highest BCUT2D eigenvalue weighted by atomic mass is 16.5.